The summed E-state index contributed by atoms with van der Waals surface area (Å²) in [5.74, 6) is -0.164. The summed E-state index contributed by atoms with van der Waals surface area (Å²) in [4.78, 5) is 31.7. The molecule has 162 valence electrons. The summed E-state index contributed by atoms with van der Waals surface area (Å²) in [6, 6.07) is 18.6. The van der Waals surface area contributed by atoms with Crippen LogP contribution >= 0.6 is 22.7 Å². The lowest BCUT2D eigenvalue weighted by Crippen LogP contribution is -2.31. The number of hydrogen-bond acceptors (Lipinski definition) is 5. The Hall–Kier alpha value is -3.29. The summed E-state index contributed by atoms with van der Waals surface area (Å²) in [6.07, 6.45) is 0.256. The molecule has 2 amide bonds. The third kappa shape index (κ3) is 5.12. The fourth-order valence-corrected chi connectivity index (χ4v) is 4.83. The summed E-state index contributed by atoms with van der Waals surface area (Å²) in [6.45, 7) is 1.98. The quantitative estimate of drug-likeness (QED) is 0.373. The Labute approximate surface area is 195 Å². The van der Waals surface area contributed by atoms with Crippen molar-refractivity contribution in [1.82, 2.24) is 9.88 Å². The number of anilines is 1. The van der Waals surface area contributed by atoms with E-state index in [4.69, 9.17) is 0 Å². The minimum absolute atomic E-state index is 0.00149. The summed E-state index contributed by atoms with van der Waals surface area (Å²) in [5.41, 5.74) is 4.12. The minimum Gasteiger partial charge on any atom is -0.339 e. The van der Waals surface area contributed by atoms with Gasteiger partial charge in [0.15, 0.2) is 0 Å². The van der Waals surface area contributed by atoms with Crippen molar-refractivity contribution in [1.29, 1.82) is 0 Å². The lowest BCUT2D eigenvalue weighted by molar-refractivity contribution is -0.131. The molecule has 1 atom stereocenters. The molecule has 1 N–H and O–H groups in total. The molecule has 0 fully saturated rings. The van der Waals surface area contributed by atoms with E-state index in [9.17, 15) is 9.59 Å². The minimum atomic E-state index is -0.162. The molecule has 32 heavy (non-hydrogen) atoms. The molecule has 4 rings (SSSR count). The zero-order valence-electron chi connectivity index (χ0n) is 17.8. The number of benzene rings is 2. The Morgan fingerprint density at radius 2 is 1.88 bits per heavy atom. The van der Waals surface area contributed by atoms with Crippen LogP contribution in [-0.4, -0.2) is 28.7 Å². The van der Waals surface area contributed by atoms with E-state index in [2.05, 4.69) is 15.7 Å². The lowest BCUT2D eigenvalue weighted by atomic mass is 10.1. The van der Waals surface area contributed by atoms with Crippen LogP contribution in [0.5, 0.6) is 0 Å². The van der Waals surface area contributed by atoms with E-state index in [1.165, 1.54) is 0 Å². The highest BCUT2D eigenvalue weighted by Crippen LogP contribution is 2.27. The predicted molar refractivity (Wildman–Crippen MR) is 131 cm³/mol. The number of aromatic nitrogens is 1. The predicted octanol–water partition coefficient (Wildman–Crippen LogP) is 5.89. The van der Waals surface area contributed by atoms with Gasteiger partial charge in [0.2, 0.25) is 5.91 Å². The van der Waals surface area contributed by atoms with E-state index in [1.54, 1.807) is 46.8 Å². The Bertz CT molecular complexity index is 1200. The molecule has 0 unspecified atom stereocenters. The summed E-state index contributed by atoms with van der Waals surface area (Å²) in [7, 11) is 1.80. The normalized spacial score (nSPS) is 11.7. The van der Waals surface area contributed by atoms with E-state index in [0.29, 0.717) is 11.3 Å². The highest BCUT2D eigenvalue weighted by molar-refractivity contribution is 7.14. The van der Waals surface area contributed by atoms with Crippen molar-refractivity contribution in [3.05, 3.63) is 93.6 Å². The number of nitrogens with zero attached hydrogens (tertiary/aromatic N) is 2. The second kappa shape index (κ2) is 9.89. The Morgan fingerprint density at radius 1 is 1.06 bits per heavy atom. The topological polar surface area (TPSA) is 62.3 Å². The number of thiophene rings is 1. The second-order valence-electron chi connectivity index (χ2n) is 7.46. The van der Waals surface area contributed by atoms with Crippen LogP contribution in [0.1, 0.15) is 34.6 Å². The number of rotatable bonds is 7. The third-order valence-electron chi connectivity index (χ3n) is 5.29. The monoisotopic (exact) mass is 461 g/mol. The molecule has 7 heteroatoms. The van der Waals surface area contributed by atoms with Crippen LogP contribution in [0.4, 0.5) is 5.69 Å². The van der Waals surface area contributed by atoms with Gasteiger partial charge in [0.05, 0.1) is 18.2 Å². The Kier molecular flexibility index (Phi) is 6.78. The number of likely N-dealkylation sites (N-methyl/N-ethyl adjacent to an activating group) is 1. The number of carbonyl (C=O) groups excluding carboxylic acids is 2. The second-order valence-corrected chi connectivity index (χ2v) is 9.10. The van der Waals surface area contributed by atoms with E-state index in [1.807, 2.05) is 66.2 Å². The van der Waals surface area contributed by atoms with Crippen LogP contribution in [0.2, 0.25) is 0 Å². The van der Waals surface area contributed by atoms with Crippen LogP contribution in [0.3, 0.4) is 0 Å². The van der Waals surface area contributed by atoms with Crippen LogP contribution in [-0.2, 0) is 11.2 Å². The molecular formula is C25H23N3O2S2. The molecular weight excluding hydrogens is 438 g/mol. The zero-order chi connectivity index (χ0) is 22.5. The molecule has 2 aromatic heterocycles. The van der Waals surface area contributed by atoms with Crippen LogP contribution in [0, 0.1) is 0 Å². The SMILES string of the molecule is C[C@@H](c1cccc(NC(=O)c2ccccc2)c1)N(C)C(=O)Cc1csc(-c2ccsc2)n1. The zero-order valence-corrected chi connectivity index (χ0v) is 19.5. The Morgan fingerprint density at radius 3 is 2.62 bits per heavy atom. The van der Waals surface area contributed by atoms with Gasteiger partial charge in [-0.2, -0.15) is 11.3 Å². The van der Waals surface area contributed by atoms with Crippen molar-refractivity contribution in [2.45, 2.75) is 19.4 Å². The first-order valence-corrected chi connectivity index (χ1v) is 12.0. The van der Waals surface area contributed by atoms with Gasteiger partial charge in [-0.25, -0.2) is 4.98 Å². The van der Waals surface area contributed by atoms with Gasteiger partial charge < -0.3 is 10.2 Å². The first kappa shape index (κ1) is 21.9. The first-order chi connectivity index (χ1) is 15.5. The van der Waals surface area contributed by atoms with Gasteiger partial charge >= 0.3 is 0 Å². The van der Waals surface area contributed by atoms with Gasteiger partial charge in [0.25, 0.3) is 5.91 Å². The highest BCUT2D eigenvalue weighted by Gasteiger charge is 2.19. The summed E-state index contributed by atoms with van der Waals surface area (Å²) in [5, 5.41) is 9.89. The van der Waals surface area contributed by atoms with E-state index in [-0.39, 0.29) is 24.3 Å². The summed E-state index contributed by atoms with van der Waals surface area (Å²) < 4.78 is 0. The van der Waals surface area contributed by atoms with Crippen LogP contribution in [0.25, 0.3) is 10.6 Å². The van der Waals surface area contributed by atoms with Crippen molar-refractivity contribution in [2.75, 3.05) is 12.4 Å². The average molecular weight is 462 g/mol. The van der Waals surface area contributed by atoms with Crippen molar-refractivity contribution in [3.8, 4) is 10.6 Å². The maximum atomic E-state index is 12.9. The first-order valence-electron chi connectivity index (χ1n) is 10.2. The molecule has 0 radical (unpaired) electrons. The Balaban J connectivity index is 1.41. The number of carbonyl (C=O) groups is 2. The molecule has 0 aliphatic heterocycles. The molecule has 5 nitrogen and oxygen atoms in total. The van der Waals surface area contributed by atoms with E-state index < -0.39 is 0 Å². The van der Waals surface area contributed by atoms with Crippen molar-refractivity contribution >= 4 is 40.2 Å². The highest BCUT2D eigenvalue weighted by atomic mass is 32.1. The molecule has 2 aromatic carbocycles. The number of thiazole rings is 1. The lowest BCUT2D eigenvalue weighted by Gasteiger charge is -2.25. The van der Waals surface area contributed by atoms with Gasteiger partial charge in [-0.1, -0.05) is 30.3 Å². The maximum absolute atomic E-state index is 12.9. The molecule has 0 bridgehead atoms. The van der Waals surface area contributed by atoms with E-state index >= 15 is 0 Å². The molecule has 0 saturated heterocycles. The molecule has 0 aliphatic rings. The number of hydrogen-bond donors (Lipinski definition) is 1. The average Bonchev–Trinajstić information content (AvgIpc) is 3.51. The fraction of sp³-hybridized carbons (Fsp3) is 0.160. The molecule has 4 aromatic rings. The van der Waals surface area contributed by atoms with Gasteiger partial charge in [-0.3, -0.25) is 9.59 Å². The summed E-state index contributed by atoms with van der Waals surface area (Å²) >= 11 is 3.19. The van der Waals surface area contributed by atoms with Gasteiger partial charge in [-0.15, -0.1) is 11.3 Å². The van der Waals surface area contributed by atoms with Gasteiger partial charge in [-0.05, 0) is 48.2 Å². The fourth-order valence-electron chi connectivity index (χ4n) is 3.30. The van der Waals surface area contributed by atoms with Gasteiger partial charge in [0.1, 0.15) is 5.01 Å². The molecule has 2 heterocycles. The molecule has 0 spiro atoms. The molecule has 0 aliphatic carbocycles. The number of nitrogens with one attached hydrogen (secondary N) is 1. The van der Waals surface area contributed by atoms with Gasteiger partial charge in [0, 0.05) is 34.6 Å². The van der Waals surface area contributed by atoms with Crippen molar-refractivity contribution < 1.29 is 9.59 Å². The third-order valence-corrected chi connectivity index (χ3v) is 6.91. The standard InChI is InChI=1S/C25H23N3O2S2/c1-17(19-9-6-10-21(13-19)26-24(30)18-7-4-3-5-8-18)28(2)23(29)14-22-16-32-25(27-22)20-11-12-31-15-20/h3-13,15-17H,14H2,1-2H3,(H,26,30)/t17-/m0/s1. The van der Waals surface area contributed by atoms with Crippen LogP contribution in [0.15, 0.2) is 76.8 Å². The molecule has 0 saturated carbocycles. The largest absolute Gasteiger partial charge is 0.339 e. The smallest absolute Gasteiger partial charge is 0.255 e. The number of amides is 2. The van der Waals surface area contributed by atoms with Crippen molar-refractivity contribution in [2.24, 2.45) is 0 Å². The van der Waals surface area contributed by atoms with Crippen molar-refractivity contribution in [3.63, 3.8) is 0 Å². The maximum Gasteiger partial charge on any atom is 0.255 e. The van der Waals surface area contributed by atoms with Crippen LogP contribution < -0.4 is 5.32 Å². The van der Waals surface area contributed by atoms with E-state index in [0.717, 1.165) is 21.8 Å².